The van der Waals surface area contributed by atoms with E-state index in [-0.39, 0.29) is 0 Å². The Kier molecular flexibility index (Phi) is 2.38. The van der Waals surface area contributed by atoms with E-state index in [4.69, 9.17) is 22.7 Å². The van der Waals surface area contributed by atoms with Crippen molar-refractivity contribution in [3.05, 3.63) is 27.8 Å². The molecule has 0 aliphatic carbocycles. The van der Waals surface area contributed by atoms with Crippen molar-refractivity contribution in [2.75, 3.05) is 5.73 Å². The number of aryl methyl sites for hydroxylation is 1. The topological polar surface area (TPSA) is 49.9 Å². The van der Waals surface area contributed by atoms with Crippen molar-refractivity contribution >= 4 is 23.5 Å². The molecule has 1 rings (SSSR count). The number of halogens is 1. The van der Waals surface area contributed by atoms with Gasteiger partial charge in [-0.1, -0.05) is 11.6 Å². The van der Waals surface area contributed by atoms with E-state index in [9.17, 15) is 0 Å². The van der Waals surface area contributed by atoms with Crippen molar-refractivity contribution in [2.45, 2.75) is 13.8 Å². The molecular formula is C9H11ClN2. The summed E-state index contributed by atoms with van der Waals surface area (Å²) in [4.78, 5) is 0. The molecule has 0 unspecified atom stereocenters. The van der Waals surface area contributed by atoms with Gasteiger partial charge in [0.05, 0.1) is 0 Å². The van der Waals surface area contributed by atoms with Crippen LogP contribution in [-0.4, -0.2) is 6.21 Å². The Labute approximate surface area is 76.9 Å². The summed E-state index contributed by atoms with van der Waals surface area (Å²) in [6.45, 7) is 3.77. The van der Waals surface area contributed by atoms with E-state index in [0.717, 1.165) is 11.1 Å². The maximum atomic E-state index is 7.13. The van der Waals surface area contributed by atoms with Gasteiger partial charge in [0.25, 0.3) is 0 Å². The molecule has 0 amide bonds. The van der Waals surface area contributed by atoms with Crippen molar-refractivity contribution in [3.63, 3.8) is 0 Å². The molecule has 2 nitrogen and oxygen atoms in total. The molecule has 0 saturated heterocycles. The van der Waals surface area contributed by atoms with Gasteiger partial charge in [0.15, 0.2) is 0 Å². The van der Waals surface area contributed by atoms with Gasteiger partial charge in [-0.2, -0.15) is 0 Å². The van der Waals surface area contributed by atoms with E-state index in [1.54, 1.807) is 6.07 Å². The Balaban J connectivity index is 3.51. The second-order valence-corrected chi connectivity index (χ2v) is 3.16. The lowest BCUT2D eigenvalue weighted by atomic mass is 10.0. The highest BCUT2D eigenvalue weighted by Gasteiger charge is 2.07. The average molecular weight is 183 g/mol. The molecule has 3 N–H and O–H groups in total. The fraction of sp³-hybridized carbons (Fsp3) is 0.222. The van der Waals surface area contributed by atoms with Gasteiger partial charge in [0, 0.05) is 22.5 Å². The first-order chi connectivity index (χ1) is 5.57. The van der Waals surface area contributed by atoms with Gasteiger partial charge >= 0.3 is 0 Å². The lowest BCUT2D eigenvalue weighted by Gasteiger charge is -2.08. The Morgan fingerprint density at radius 2 is 2.08 bits per heavy atom. The summed E-state index contributed by atoms with van der Waals surface area (Å²) in [7, 11) is 0. The molecule has 0 aliphatic rings. The van der Waals surface area contributed by atoms with E-state index >= 15 is 0 Å². The van der Waals surface area contributed by atoms with Crippen LogP contribution < -0.4 is 5.73 Å². The highest BCUT2D eigenvalue weighted by molar-refractivity contribution is 6.32. The smallest absolute Gasteiger partial charge is 0.0472 e. The minimum atomic E-state index is 0.615. The van der Waals surface area contributed by atoms with Crippen LogP contribution in [0.4, 0.5) is 5.69 Å². The Morgan fingerprint density at radius 3 is 2.58 bits per heavy atom. The molecule has 3 heteroatoms. The molecule has 0 bridgehead atoms. The predicted octanol–water partition coefficient (Wildman–Crippen LogP) is 2.54. The number of nitrogens with one attached hydrogen (secondary N) is 1. The van der Waals surface area contributed by atoms with Crippen molar-refractivity contribution in [3.8, 4) is 0 Å². The number of hydrogen-bond donors (Lipinski definition) is 2. The Hall–Kier alpha value is -1.02. The van der Waals surface area contributed by atoms with Gasteiger partial charge < -0.3 is 11.1 Å². The monoisotopic (exact) mass is 182 g/mol. The fourth-order valence-electron chi connectivity index (χ4n) is 1.20. The van der Waals surface area contributed by atoms with Gasteiger partial charge in [0.1, 0.15) is 0 Å². The molecule has 0 aliphatic heterocycles. The van der Waals surface area contributed by atoms with Gasteiger partial charge in [-0.15, -0.1) is 0 Å². The van der Waals surface area contributed by atoms with E-state index < -0.39 is 0 Å². The number of nitrogen functional groups attached to an aromatic ring is 1. The van der Waals surface area contributed by atoms with E-state index in [1.165, 1.54) is 6.21 Å². The quantitative estimate of drug-likeness (QED) is 0.509. The molecule has 0 saturated carbocycles. The van der Waals surface area contributed by atoms with Crippen LogP contribution >= 0.6 is 11.6 Å². The third-order valence-corrected chi connectivity index (χ3v) is 2.49. The zero-order chi connectivity index (χ0) is 9.30. The van der Waals surface area contributed by atoms with Crippen LogP contribution in [0.3, 0.4) is 0 Å². The largest absolute Gasteiger partial charge is 0.398 e. The normalized spacial score (nSPS) is 9.92. The van der Waals surface area contributed by atoms with Crippen molar-refractivity contribution < 1.29 is 0 Å². The van der Waals surface area contributed by atoms with Gasteiger partial charge in [-0.05, 0) is 31.0 Å². The highest BCUT2D eigenvalue weighted by Crippen LogP contribution is 2.26. The summed E-state index contributed by atoms with van der Waals surface area (Å²) in [5, 5.41) is 7.83. The summed E-state index contributed by atoms with van der Waals surface area (Å²) in [6.07, 6.45) is 1.23. The minimum absolute atomic E-state index is 0.615. The van der Waals surface area contributed by atoms with E-state index in [2.05, 4.69) is 0 Å². The van der Waals surface area contributed by atoms with Gasteiger partial charge in [-0.3, -0.25) is 0 Å². The minimum Gasteiger partial charge on any atom is -0.398 e. The third-order valence-electron chi connectivity index (χ3n) is 1.91. The molecule has 12 heavy (non-hydrogen) atoms. The number of anilines is 1. The van der Waals surface area contributed by atoms with E-state index in [1.807, 2.05) is 13.8 Å². The van der Waals surface area contributed by atoms with Crippen molar-refractivity contribution in [1.29, 1.82) is 5.41 Å². The first-order valence-corrected chi connectivity index (χ1v) is 4.01. The first kappa shape index (κ1) is 9.07. The number of rotatable bonds is 1. The lowest BCUT2D eigenvalue weighted by molar-refractivity contribution is 1.36. The predicted molar refractivity (Wildman–Crippen MR) is 53.2 cm³/mol. The molecule has 1 aromatic carbocycles. The van der Waals surface area contributed by atoms with Crippen LogP contribution in [0.25, 0.3) is 0 Å². The van der Waals surface area contributed by atoms with Crippen molar-refractivity contribution in [2.24, 2.45) is 0 Å². The van der Waals surface area contributed by atoms with Crippen LogP contribution in [0.2, 0.25) is 5.02 Å². The molecule has 0 aromatic heterocycles. The van der Waals surface area contributed by atoms with Crippen LogP contribution in [0.15, 0.2) is 6.07 Å². The van der Waals surface area contributed by atoms with E-state index in [0.29, 0.717) is 16.3 Å². The standard InChI is InChI=1S/C9H11ClN2/c1-5-3-8(12)7(4-11)6(2)9(5)10/h3-4,11H,12H2,1-2H3. The van der Waals surface area contributed by atoms with Crippen LogP contribution in [0, 0.1) is 19.3 Å². The molecular weight excluding hydrogens is 172 g/mol. The number of hydrogen-bond acceptors (Lipinski definition) is 2. The van der Waals surface area contributed by atoms with Crippen LogP contribution in [0.5, 0.6) is 0 Å². The molecule has 0 radical (unpaired) electrons. The summed E-state index contributed by atoms with van der Waals surface area (Å²) in [5.41, 5.74) is 8.86. The summed E-state index contributed by atoms with van der Waals surface area (Å²) in [5.74, 6) is 0. The average Bonchev–Trinajstić information content (AvgIpc) is 2.01. The summed E-state index contributed by atoms with van der Waals surface area (Å²) < 4.78 is 0. The van der Waals surface area contributed by atoms with Crippen molar-refractivity contribution in [1.82, 2.24) is 0 Å². The maximum Gasteiger partial charge on any atom is 0.0472 e. The first-order valence-electron chi connectivity index (χ1n) is 3.63. The zero-order valence-corrected chi connectivity index (χ0v) is 7.87. The number of nitrogens with two attached hydrogens (primary N) is 1. The molecule has 64 valence electrons. The Bertz CT molecular complexity index is 332. The lowest BCUT2D eigenvalue weighted by Crippen LogP contribution is -1.98. The van der Waals surface area contributed by atoms with Gasteiger partial charge in [-0.25, -0.2) is 0 Å². The zero-order valence-electron chi connectivity index (χ0n) is 7.11. The highest BCUT2D eigenvalue weighted by atomic mass is 35.5. The molecule has 0 heterocycles. The van der Waals surface area contributed by atoms with Crippen LogP contribution in [-0.2, 0) is 0 Å². The second kappa shape index (κ2) is 3.15. The molecule has 0 spiro atoms. The summed E-state index contributed by atoms with van der Waals surface area (Å²) in [6, 6.07) is 1.79. The molecule has 1 aromatic rings. The van der Waals surface area contributed by atoms with Gasteiger partial charge in [0.2, 0.25) is 0 Å². The molecule has 0 fully saturated rings. The fourth-order valence-corrected chi connectivity index (χ4v) is 1.35. The SMILES string of the molecule is Cc1cc(N)c(C=N)c(C)c1Cl. The summed E-state index contributed by atoms with van der Waals surface area (Å²) >= 11 is 5.97. The van der Waals surface area contributed by atoms with Crippen LogP contribution in [0.1, 0.15) is 16.7 Å². The molecule has 0 atom stereocenters. The maximum absolute atomic E-state index is 7.13. The number of benzene rings is 1. The second-order valence-electron chi connectivity index (χ2n) is 2.78. The third kappa shape index (κ3) is 1.30. The Morgan fingerprint density at radius 1 is 1.50 bits per heavy atom.